The number of aryl methyl sites for hydroxylation is 1. The predicted octanol–water partition coefficient (Wildman–Crippen LogP) is 3.06. The van der Waals surface area contributed by atoms with Crippen LogP contribution in [0.15, 0.2) is 11.2 Å². The average Bonchev–Trinajstić information content (AvgIpc) is 2.95. The number of hydrogen-bond acceptors (Lipinski definition) is 4. The van der Waals surface area contributed by atoms with Crippen LogP contribution in [0.3, 0.4) is 0 Å². The molecule has 24 heavy (non-hydrogen) atoms. The van der Waals surface area contributed by atoms with Crippen LogP contribution in [-0.4, -0.2) is 56.1 Å². The lowest BCUT2D eigenvalue weighted by Crippen LogP contribution is -2.38. The number of unbranched alkanes of at least 4 members (excludes halogenated alkanes) is 4. The zero-order chi connectivity index (χ0) is 17.6. The molecule has 0 atom stereocenters. The van der Waals surface area contributed by atoms with Crippen molar-refractivity contribution < 1.29 is 0 Å². The quantitative estimate of drug-likeness (QED) is 0.344. The minimum absolute atomic E-state index is 0.878. The highest BCUT2D eigenvalue weighted by atomic mass is 32.1. The van der Waals surface area contributed by atoms with Crippen LogP contribution in [0.2, 0.25) is 0 Å². The van der Waals surface area contributed by atoms with E-state index in [4.69, 9.17) is 0 Å². The normalized spacial score (nSPS) is 12.0. The van der Waals surface area contributed by atoms with Gasteiger partial charge in [0, 0.05) is 37.1 Å². The maximum atomic E-state index is 4.67. The molecule has 0 fully saturated rings. The van der Waals surface area contributed by atoms with E-state index in [1.54, 1.807) is 11.3 Å². The molecule has 0 saturated heterocycles. The van der Waals surface area contributed by atoms with Crippen LogP contribution >= 0.6 is 11.3 Å². The van der Waals surface area contributed by atoms with Gasteiger partial charge in [-0.2, -0.15) is 0 Å². The highest BCUT2D eigenvalue weighted by Gasteiger charge is 2.00. The Morgan fingerprint density at radius 2 is 1.92 bits per heavy atom. The molecule has 6 heteroatoms. The molecular weight excluding hydrogens is 318 g/mol. The summed E-state index contributed by atoms with van der Waals surface area (Å²) in [5, 5.41) is 7.90. The van der Waals surface area contributed by atoms with Gasteiger partial charge in [-0.15, -0.1) is 11.3 Å². The zero-order valence-corrected chi connectivity index (χ0v) is 16.7. The number of rotatable bonds is 12. The Labute approximate surface area is 152 Å². The molecule has 2 N–H and O–H groups in total. The van der Waals surface area contributed by atoms with E-state index in [2.05, 4.69) is 53.5 Å². The summed E-state index contributed by atoms with van der Waals surface area (Å²) in [7, 11) is 4.28. The van der Waals surface area contributed by atoms with Gasteiger partial charge in [-0.1, -0.05) is 19.3 Å². The minimum Gasteiger partial charge on any atom is -0.357 e. The first-order chi connectivity index (χ1) is 11.6. The van der Waals surface area contributed by atoms with Gasteiger partial charge in [0.2, 0.25) is 0 Å². The van der Waals surface area contributed by atoms with Crippen molar-refractivity contribution in [2.24, 2.45) is 4.99 Å². The maximum Gasteiger partial charge on any atom is 0.191 e. The number of thiazole rings is 1. The lowest BCUT2D eigenvalue weighted by Gasteiger charge is -2.10. The van der Waals surface area contributed by atoms with Gasteiger partial charge in [0.1, 0.15) is 0 Å². The number of nitrogens with zero attached hydrogens (tertiary/aromatic N) is 3. The molecule has 5 nitrogen and oxygen atoms in total. The van der Waals surface area contributed by atoms with Gasteiger partial charge in [0.25, 0.3) is 0 Å². The highest BCUT2D eigenvalue weighted by Crippen LogP contribution is 2.10. The third-order valence-corrected chi connectivity index (χ3v) is 4.65. The lowest BCUT2D eigenvalue weighted by molar-refractivity contribution is 0.390. The molecule has 0 bridgehead atoms. The van der Waals surface area contributed by atoms with Gasteiger partial charge in [-0.3, -0.25) is 4.99 Å². The summed E-state index contributed by atoms with van der Waals surface area (Å²) in [5.74, 6) is 0.929. The van der Waals surface area contributed by atoms with E-state index >= 15 is 0 Å². The highest BCUT2D eigenvalue weighted by molar-refractivity contribution is 7.11. The number of aromatic nitrogens is 1. The van der Waals surface area contributed by atoms with Crippen LogP contribution in [0.1, 0.15) is 48.9 Å². The van der Waals surface area contributed by atoms with Gasteiger partial charge in [0.05, 0.1) is 5.01 Å². The number of guanidine groups is 1. The van der Waals surface area contributed by atoms with E-state index in [0.29, 0.717) is 0 Å². The Hall–Kier alpha value is -1.14. The Morgan fingerprint density at radius 3 is 2.58 bits per heavy atom. The number of aliphatic imine (C=N–C) groups is 1. The fourth-order valence-corrected chi connectivity index (χ4v) is 3.19. The molecule has 0 saturated carbocycles. The summed E-state index contributed by atoms with van der Waals surface area (Å²) < 4.78 is 0. The van der Waals surface area contributed by atoms with E-state index in [9.17, 15) is 0 Å². The van der Waals surface area contributed by atoms with Crippen LogP contribution in [0, 0.1) is 6.92 Å². The Bertz CT molecular complexity index is 456. The fraction of sp³-hybridized carbons (Fsp3) is 0.778. The first-order valence-electron chi connectivity index (χ1n) is 9.20. The van der Waals surface area contributed by atoms with Gasteiger partial charge >= 0.3 is 0 Å². The smallest absolute Gasteiger partial charge is 0.191 e. The van der Waals surface area contributed by atoms with Gasteiger partial charge in [-0.05, 0) is 47.3 Å². The summed E-state index contributed by atoms with van der Waals surface area (Å²) in [4.78, 5) is 12.6. The van der Waals surface area contributed by atoms with Crippen molar-refractivity contribution >= 4 is 17.3 Å². The van der Waals surface area contributed by atoms with Crippen molar-refractivity contribution in [3.8, 4) is 0 Å². The molecule has 0 aliphatic rings. The van der Waals surface area contributed by atoms with E-state index in [0.717, 1.165) is 32.0 Å². The second-order valence-corrected chi connectivity index (χ2v) is 7.69. The molecule has 0 radical (unpaired) electrons. The van der Waals surface area contributed by atoms with Gasteiger partial charge < -0.3 is 15.5 Å². The Morgan fingerprint density at radius 1 is 1.17 bits per heavy atom. The summed E-state index contributed by atoms with van der Waals surface area (Å²) >= 11 is 1.77. The van der Waals surface area contributed by atoms with Crippen molar-refractivity contribution in [3.05, 3.63) is 16.1 Å². The van der Waals surface area contributed by atoms with E-state index in [1.165, 1.54) is 48.5 Å². The number of nitrogens with one attached hydrogen (secondary N) is 2. The lowest BCUT2D eigenvalue weighted by atomic mass is 10.1. The third-order valence-electron chi connectivity index (χ3n) is 3.68. The standard InChI is InChI=1S/C18H35N5S/c1-5-19-18(21-13-11-17-22-15-16(2)24-17)20-12-9-7-6-8-10-14-23(3)4/h15H,5-14H2,1-4H3,(H2,19,20,21). The fourth-order valence-electron chi connectivity index (χ4n) is 2.41. The van der Waals surface area contributed by atoms with Crippen LogP contribution < -0.4 is 10.6 Å². The Kier molecular flexibility index (Phi) is 11.5. The van der Waals surface area contributed by atoms with Crippen LogP contribution in [0.4, 0.5) is 0 Å². The first kappa shape index (κ1) is 20.9. The summed E-state index contributed by atoms with van der Waals surface area (Å²) in [6.45, 7) is 8.08. The molecule has 0 aliphatic heterocycles. The first-order valence-corrected chi connectivity index (χ1v) is 10.0. The van der Waals surface area contributed by atoms with Crippen molar-refractivity contribution in [1.29, 1.82) is 0 Å². The SMILES string of the molecule is CCNC(=NCCCCCCCN(C)C)NCCc1ncc(C)s1. The molecule has 1 aromatic rings. The zero-order valence-electron chi connectivity index (χ0n) is 15.9. The second-order valence-electron chi connectivity index (χ2n) is 6.37. The molecule has 1 rings (SSSR count). The molecule has 1 heterocycles. The van der Waals surface area contributed by atoms with E-state index in [-0.39, 0.29) is 0 Å². The Balaban J connectivity index is 2.13. The molecule has 0 aliphatic carbocycles. The molecule has 0 unspecified atom stereocenters. The van der Waals surface area contributed by atoms with Crippen LogP contribution in [-0.2, 0) is 6.42 Å². The molecule has 1 aromatic heterocycles. The van der Waals surface area contributed by atoms with E-state index < -0.39 is 0 Å². The molecule has 0 spiro atoms. The number of hydrogen-bond donors (Lipinski definition) is 2. The van der Waals surface area contributed by atoms with Crippen molar-refractivity contribution in [2.75, 3.05) is 40.3 Å². The molecule has 138 valence electrons. The average molecular weight is 354 g/mol. The maximum absolute atomic E-state index is 4.67. The van der Waals surface area contributed by atoms with Crippen LogP contribution in [0.5, 0.6) is 0 Å². The predicted molar refractivity (Wildman–Crippen MR) is 106 cm³/mol. The van der Waals surface area contributed by atoms with Crippen LogP contribution in [0.25, 0.3) is 0 Å². The second kappa shape index (κ2) is 13.2. The van der Waals surface area contributed by atoms with Crippen molar-refractivity contribution in [2.45, 2.75) is 52.4 Å². The van der Waals surface area contributed by atoms with Gasteiger partial charge in [-0.25, -0.2) is 4.98 Å². The summed E-state index contributed by atoms with van der Waals surface area (Å²) in [6.07, 6.45) is 9.28. The largest absolute Gasteiger partial charge is 0.357 e. The van der Waals surface area contributed by atoms with Crippen molar-refractivity contribution in [1.82, 2.24) is 20.5 Å². The summed E-state index contributed by atoms with van der Waals surface area (Å²) in [5.41, 5.74) is 0. The van der Waals surface area contributed by atoms with Gasteiger partial charge in [0.15, 0.2) is 5.96 Å². The molecule has 0 amide bonds. The monoisotopic (exact) mass is 353 g/mol. The van der Waals surface area contributed by atoms with Crippen molar-refractivity contribution in [3.63, 3.8) is 0 Å². The molecular formula is C18H35N5S. The topological polar surface area (TPSA) is 52.6 Å². The minimum atomic E-state index is 0.878. The molecule has 0 aromatic carbocycles. The van der Waals surface area contributed by atoms with E-state index in [1.807, 2.05) is 6.20 Å². The summed E-state index contributed by atoms with van der Waals surface area (Å²) in [6, 6.07) is 0. The third kappa shape index (κ3) is 10.6.